The van der Waals surface area contributed by atoms with Crippen molar-refractivity contribution >= 4 is 34.4 Å². The van der Waals surface area contributed by atoms with E-state index in [1.807, 2.05) is 18.2 Å². The number of aliphatic hydroxyl groups is 1. The Balaban J connectivity index is 2.00. The highest BCUT2D eigenvalue weighted by Gasteiger charge is 2.24. The van der Waals surface area contributed by atoms with Crippen LogP contribution in [0.2, 0.25) is 0 Å². The van der Waals surface area contributed by atoms with E-state index in [0.29, 0.717) is 11.3 Å². The highest BCUT2D eigenvalue weighted by Crippen LogP contribution is 2.30. The predicted octanol–water partition coefficient (Wildman–Crippen LogP) is 4.13. The van der Waals surface area contributed by atoms with Crippen LogP contribution < -0.4 is 5.43 Å². The third-order valence-corrected chi connectivity index (χ3v) is 4.40. The maximum atomic E-state index is 11.3. The van der Waals surface area contributed by atoms with Crippen molar-refractivity contribution in [1.29, 1.82) is 0 Å². The first-order valence-electron chi connectivity index (χ1n) is 8.40. The highest BCUT2D eigenvalue weighted by molar-refractivity contribution is 6.24. The Kier molecular flexibility index (Phi) is 5.71. The SMILES string of the molecule is O=[N+]([O-])c1ccc(NN=C(C2=CCC(O)(Cl)C=C2)c2ccccc2)c([N+](=O)[O-])c1. The predicted molar refractivity (Wildman–Crippen MR) is 109 cm³/mol. The summed E-state index contributed by atoms with van der Waals surface area (Å²) in [5, 5.41) is 34.9. The van der Waals surface area contributed by atoms with Gasteiger partial charge in [-0.3, -0.25) is 25.7 Å². The van der Waals surface area contributed by atoms with Crippen LogP contribution in [-0.4, -0.2) is 25.7 Å². The molecule has 2 aromatic carbocycles. The summed E-state index contributed by atoms with van der Waals surface area (Å²) >= 11 is 5.90. The number of nitro groups is 2. The molecule has 10 heteroatoms. The number of nitrogens with zero attached hydrogens (tertiary/aromatic N) is 3. The second-order valence-electron chi connectivity index (χ2n) is 6.17. The molecule has 29 heavy (non-hydrogen) atoms. The minimum absolute atomic E-state index is 0.00303. The van der Waals surface area contributed by atoms with Gasteiger partial charge in [0.15, 0.2) is 5.06 Å². The molecule has 3 rings (SSSR count). The number of hydrogen-bond donors (Lipinski definition) is 2. The van der Waals surface area contributed by atoms with E-state index < -0.39 is 26.3 Å². The van der Waals surface area contributed by atoms with Crippen molar-refractivity contribution in [2.75, 3.05) is 5.43 Å². The Labute approximate surface area is 169 Å². The molecule has 0 aliphatic heterocycles. The number of hydrogen-bond acceptors (Lipinski definition) is 7. The number of nitro benzene ring substituents is 2. The number of benzene rings is 2. The van der Waals surface area contributed by atoms with E-state index in [-0.39, 0.29) is 12.1 Å². The monoisotopic (exact) mass is 414 g/mol. The molecule has 2 N–H and O–H groups in total. The van der Waals surface area contributed by atoms with Crippen molar-refractivity contribution in [1.82, 2.24) is 0 Å². The van der Waals surface area contributed by atoms with Crippen LogP contribution in [0.4, 0.5) is 17.1 Å². The van der Waals surface area contributed by atoms with Gasteiger partial charge in [-0.1, -0.05) is 54.1 Å². The summed E-state index contributed by atoms with van der Waals surface area (Å²) in [6.45, 7) is 0. The largest absolute Gasteiger partial charge is 0.371 e. The summed E-state index contributed by atoms with van der Waals surface area (Å²) in [5.41, 5.74) is 3.60. The molecule has 0 heterocycles. The zero-order chi connectivity index (χ0) is 21.0. The fourth-order valence-electron chi connectivity index (χ4n) is 2.67. The lowest BCUT2D eigenvalue weighted by molar-refractivity contribution is -0.393. The number of anilines is 1. The molecule has 0 saturated carbocycles. The van der Waals surface area contributed by atoms with E-state index >= 15 is 0 Å². The molecule has 1 atom stereocenters. The van der Waals surface area contributed by atoms with E-state index in [1.54, 1.807) is 24.3 Å². The summed E-state index contributed by atoms with van der Waals surface area (Å²) in [4.78, 5) is 20.8. The molecular weight excluding hydrogens is 400 g/mol. The fraction of sp³-hybridized carbons (Fsp3) is 0.105. The summed E-state index contributed by atoms with van der Waals surface area (Å²) in [5.74, 6) is 0. The van der Waals surface area contributed by atoms with E-state index in [4.69, 9.17) is 11.6 Å². The minimum atomic E-state index is -1.48. The molecule has 0 amide bonds. The molecule has 0 aromatic heterocycles. The van der Waals surface area contributed by atoms with Crippen LogP contribution in [0.1, 0.15) is 12.0 Å². The van der Waals surface area contributed by atoms with Crippen LogP contribution in [0.15, 0.2) is 77.4 Å². The van der Waals surface area contributed by atoms with Gasteiger partial charge in [-0.15, -0.1) is 0 Å². The Bertz CT molecular complexity index is 1050. The number of alkyl halides is 1. The molecule has 1 unspecified atom stereocenters. The molecule has 2 aromatic rings. The Morgan fingerprint density at radius 2 is 1.86 bits per heavy atom. The molecule has 0 bridgehead atoms. The first kappa shape index (κ1) is 20.2. The van der Waals surface area contributed by atoms with Crippen molar-refractivity contribution in [3.05, 3.63) is 98.1 Å². The van der Waals surface area contributed by atoms with Gasteiger partial charge in [0.05, 0.1) is 21.6 Å². The second-order valence-corrected chi connectivity index (χ2v) is 6.82. The quantitative estimate of drug-likeness (QED) is 0.316. The number of non-ortho nitro benzene ring substituents is 1. The number of halogens is 1. The zero-order valence-corrected chi connectivity index (χ0v) is 15.6. The summed E-state index contributed by atoms with van der Waals surface area (Å²) < 4.78 is 0. The molecule has 1 aliphatic rings. The smallest absolute Gasteiger partial charge is 0.301 e. The van der Waals surface area contributed by atoms with Gasteiger partial charge in [0.1, 0.15) is 5.69 Å². The molecule has 1 aliphatic carbocycles. The van der Waals surface area contributed by atoms with Crippen LogP contribution in [0.3, 0.4) is 0 Å². The molecular formula is C19H15ClN4O5. The van der Waals surface area contributed by atoms with Crippen LogP contribution >= 0.6 is 11.6 Å². The molecule has 9 nitrogen and oxygen atoms in total. The van der Waals surface area contributed by atoms with Gasteiger partial charge in [0, 0.05) is 18.1 Å². The maximum Gasteiger partial charge on any atom is 0.301 e. The van der Waals surface area contributed by atoms with Gasteiger partial charge >= 0.3 is 5.69 Å². The van der Waals surface area contributed by atoms with Crippen LogP contribution in [0.25, 0.3) is 0 Å². The maximum absolute atomic E-state index is 11.3. The summed E-state index contributed by atoms with van der Waals surface area (Å²) in [6, 6.07) is 12.3. The average molecular weight is 415 g/mol. The first-order valence-corrected chi connectivity index (χ1v) is 8.78. The molecule has 148 valence electrons. The number of allylic oxidation sites excluding steroid dienone is 2. The van der Waals surface area contributed by atoms with E-state index in [0.717, 1.165) is 17.7 Å². The standard InChI is InChI=1S/C19H15ClN4O5/c20-19(25)10-8-14(9-11-19)18(13-4-2-1-3-5-13)22-21-16-7-6-15(23(26)27)12-17(16)24(28)29/h1-10,12,21,25H,11H2. The normalized spacial score (nSPS) is 18.8. The van der Waals surface area contributed by atoms with E-state index in [1.165, 1.54) is 12.1 Å². The second kappa shape index (κ2) is 8.21. The van der Waals surface area contributed by atoms with Crippen molar-refractivity contribution in [3.8, 4) is 0 Å². The van der Waals surface area contributed by atoms with Crippen LogP contribution in [0, 0.1) is 20.2 Å². The number of nitrogens with one attached hydrogen (secondary N) is 1. The van der Waals surface area contributed by atoms with Crippen molar-refractivity contribution < 1.29 is 15.0 Å². The van der Waals surface area contributed by atoms with Gasteiger partial charge in [-0.2, -0.15) is 5.10 Å². The van der Waals surface area contributed by atoms with Gasteiger partial charge in [0.25, 0.3) is 5.69 Å². The lowest BCUT2D eigenvalue weighted by Gasteiger charge is -2.20. The van der Waals surface area contributed by atoms with Gasteiger partial charge in [-0.25, -0.2) is 0 Å². The number of hydrazone groups is 1. The topological polar surface area (TPSA) is 131 Å². The zero-order valence-electron chi connectivity index (χ0n) is 14.9. The van der Waals surface area contributed by atoms with Crippen molar-refractivity contribution in [2.45, 2.75) is 11.5 Å². The Morgan fingerprint density at radius 1 is 1.14 bits per heavy atom. The van der Waals surface area contributed by atoms with Crippen molar-refractivity contribution in [3.63, 3.8) is 0 Å². The summed E-state index contributed by atoms with van der Waals surface area (Å²) in [6.07, 6.45) is 4.89. The Morgan fingerprint density at radius 3 is 2.45 bits per heavy atom. The molecule has 0 saturated heterocycles. The number of rotatable bonds is 6. The van der Waals surface area contributed by atoms with Crippen LogP contribution in [-0.2, 0) is 0 Å². The minimum Gasteiger partial charge on any atom is -0.371 e. The third-order valence-electron chi connectivity index (χ3n) is 4.12. The Hall–Kier alpha value is -3.56. The lowest BCUT2D eigenvalue weighted by atomic mass is 9.96. The van der Waals surface area contributed by atoms with Gasteiger partial charge < -0.3 is 5.11 Å². The lowest BCUT2D eigenvalue weighted by Crippen LogP contribution is -2.20. The van der Waals surface area contributed by atoms with Gasteiger partial charge in [0.2, 0.25) is 0 Å². The average Bonchev–Trinajstić information content (AvgIpc) is 2.69. The fourth-order valence-corrected chi connectivity index (χ4v) is 2.81. The first-order chi connectivity index (χ1) is 13.8. The molecule has 0 spiro atoms. The molecule has 0 fully saturated rings. The third kappa shape index (κ3) is 4.84. The summed E-state index contributed by atoms with van der Waals surface area (Å²) in [7, 11) is 0. The van der Waals surface area contributed by atoms with Crippen molar-refractivity contribution in [2.24, 2.45) is 5.10 Å². The van der Waals surface area contributed by atoms with E-state index in [2.05, 4.69) is 10.5 Å². The van der Waals surface area contributed by atoms with Gasteiger partial charge in [-0.05, 0) is 17.7 Å². The van der Waals surface area contributed by atoms with Crippen LogP contribution in [0.5, 0.6) is 0 Å². The molecule has 0 radical (unpaired) electrons. The van der Waals surface area contributed by atoms with E-state index in [9.17, 15) is 25.3 Å². The highest BCUT2D eigenvalue weighted by atomic mass is 35.5.